The van der Waals surface area contributed by atoms with Gasteiger partial charge in [0.15, 0.2) is 17.4 Å². The summed E-state index contributed by atoms with van der Waals surface area (Å²) in [6, 6.07) is 9.96. The van der Waals surface area contributed by atoms with Crippen LogP contribution in [0.15, 0.2) is 36.4 Å². The van der Waals surface area contributed by atoms with Gasteiger partial charge in [-0.2, -0.15) is 0 Å². The van der Waals surface area contributed by atoms with Crippen molar-refractivity contribution in [2.45, 2.75) is 19.8 Å². The Hall–Kier alpha value is -1.97. The summed E-state index contributed by atoms with van der Waals surface area (Å²) in [5.74, 6) is -2.17. The van der Waals surface area contributed by atoms with Crippen molar-refractivity contribution in [1.82, 2.24) is 0 Å². The van der Waals surface area contributed by atoms with E-state index in [2.05, 4.69) is 6.92 Å². The van der Waals surface area contributed by atoms with Crippen LogP contribution in [0.3, 0.4) is 0 Å². The van der Waals surface area contributed by atoms with Crippen LogP contribution in [0.4, 0.5) is 13.2 Å². The summed E-state index contributed by atoms with van der Waals surface area (Å²) >= 11 is 0. The van der Waals surface area contributed by atoms with Crippen LogP contribution in [0.1, 0.15) is 18.9 Å². The van der Waals surface area contributed by atoms with Crippen LogP contribution >= 0.6 is 0 Å². The molecular weight excluding hydrogens is 277 g/mol. The van der Waals surface area contributed by atoms with Gasteiger partial charge in [0.1, 0.15) is 13.3 Å². The Kier molecular flexibility index (Phi) is 5.26. The number of halogens is 3. The molecule has 0 fully saturated rings. The fourth-order valence-electron chi connectivity index (χ4n) is 2.16. The van der Waals surface area contributed by atoms with E-state index in [1.54, 1.807) is 0 Å². The van der Waals surface area contributed by atoms with Crippen LogP contribution in [0.2, 0.25) is 0 Å². The molecule has 0 spiro atoms. The van der Waals surface area contributed by atoms with Gasteiger partial charge in [-0.15, -0.1) is 0 Å². The minimum absolute atomic E-state index is 0.362. The van der Waals surface area contributed by atoms with Gasteiger partial charge >= 0.3 is 0 Å². The number of ether oxygens (including phenoxy) is 1. The highest BCUT2D eigenvalue weighted by Gasteiger charge is 2.13. The minimum Gasteiger partial charge on any atom is -0.485 e. The van der Waals surface area contributed by atoms with Crippen LogP contribution in [0, 0.1) is 11.6 Å². The zero-order valence-corrected chi connectivity index (χ0v) is 11.8. The van der Waals surface area contributed by atoms with E-state index in [-0.39, 0.29) is 6.61 Å². The molecule has 2 aromatic carbocycles. The second-order valence-electron chi connectivity index (χ2n) is 4.75. The maximum absolute atomic E-state index is 13.8. The zero-order chi connectivity index (χ0) is 15.2. The van der Waals surface area contributed by atoms with Crippen molar-refractivity contribution in [1.29, 1.82) is 0 Å². The first-order chi connectivity index (χ1) is 10.2. The van der Waals surface area contributed by atoms with E-state index in [0.717, 1.165) is 18.4 Å². The molecule has 0 atom stereocenters. The third-order valence-corrected chi connectivity index (χ3v) is 3.15. The SMILES string of the molecule is CCCc1ccc(-c2cc(F)c(OCCF)c(F)c2)cc1. The van der Waals surface area contributed by atoms with Crippen molar-refractivity contribution in [3.8, 4) is 16.9 Å². The molecular formula is C17H17F3O. The van der Waals surface area contributed by atoms with Crippen molar-refractivity contribution in [2.75, 3.05) is 13.3 Å². The van der Waals surface area contributed by atoms with E-state index in [1.807, 2.05) is 24.3 Å². The van der Waals surface area contributed by atoms with Gasteiger partial charge in [-0.05, 0) is 35.2 Å². The molecule has 0 aliphatic rings. The largest absolute Gasteiger partial charge is 0.485 e. The van der Waals surface area contributed by atoms with Crippen molar-refractivity contribution in [3.63, 3.8) is 0 Å². The summed E-state index contributed by atoms with van der Waals surface area (Å²) in [7, 11) is 0. The maximum Gasteiger partial charge on any atom is 0.190 e. The molecule has 0 heterocycles. The van der Waals surface area contributed by atoms with Crippen molar-refractivity contribution in [2.24, 2.45) is 0 Å². The molecule has 0 N–H and O–H groups in total. The van der Waals surface area contributed by atoms with E-state index in [9.17, 15) is 13.2 Å². The second kappa shape index (κ2) is 7.16. The molecule has 0 amide bonds. The quantitative estimate of drug-likeness (QED) is 0.734. The molecule has 2 aromatic rings. The number of rotatable bonds is 6. The van der Waals surface area contributed by atoms with Crippen LogP contribution in [-0.4, -0.2) is 13.3 Å². The predicted molar refractivity (Wildman–Crippen MR) is 77.3 cm³/mol. The third kappa shape index (κ3) is 3.78. The summed E-state index contributed by atoms with van der Waals surface area (Å²) in [4.78, 5) is 0. The van der Waals surface area contributed by atoms with Gasteiger partial charge in [0.2, 0.25) is 0 Å². The summed E-state index contributed by atoms with van der Waals surface area (Å²) in [6.07, 6.45) is 2.02. The Labute approximate surface area is 122 Å². The lowest BCUT2D eigenvalue weighted by molar-refractivity contribution is 0.251. The lowest BCUT2D eigenvalue weighted by Gasteiger charge is -2.09. The monoisotopic (exact) mass is 294 g/mol. The predicted octanol–water partition coefficient (Wildman–Crippen LogP) is 4.93. The standard InChI is InChI=1S/C17H17F3O/c1-2-3-12-4-6-13(7-5-12)14-10-15(19)17(16(20)11-14)21-9-8-18/h4-7,10-11H,2-3,8-9H2,1H3. The molecule has 112 valence electrons. The lowest BCUT2D eigenvalue weighted by Crippen LogP contribution is -2.03. The van der Waals surface area contributed by atoms with Gasteiger partial charge in [-0.1, -0.05) is 37.6 Å². The molecule has 1 nitrogen and oxygen atoms in total. The fourth-order valence-corrected chi connectivity index (χ4v) is 2.16. The van der Waals surface area contributed by atoms with E-state index in [4.69, 9.17) is 4.74 Å². The van der Waals surface area contributed by atoms with Gasteiger partial charge in [0.05, 0.1) is 0 Å². The van der Waals surface area contributed by atoms with Crippen LogP contribution in [0.5, 0.6) is 5.75 Å². The molecule has 21 heavy (non-hydrogen) atoms. The van der Waals surface area contributed by atoms with Crippen molar-refractivity contribution >= 4 is 0 Å². The van der Waals surface area contributed by atoms with Crippen molar-refractivity contribution in [3.05, 3.63) is 53.6 Å². The first-order valence-electron chi connectivity index (χ1n) is 6.92. The maximum atomic E-state index is 13.8. The molecule has 4 heteroatoms. The summed E-state index contributed by atoms with van der Waals surface area (Å²) in [6.45, 7) is 0.938. The zero-order valence-electron chi connectivity index (χ0n) is 11.8. The van der Waals surface area contributed by atoms with Gasteiger partial charge in [0, 0.05) is 0 Å². The number of alkyl halides is 1. The van der Waals surface area contributed by atoms with Crippen LogP contribution in [0.25, 0.3) is 11.1 Å². The number of hydrogen-bond donors (Lipinski definition) is 0. The Bertz CT molecular complexity index is 570. The highest BCUT2D eigenvalue weighted by Crippen LogP contribution is 2.29. The lowest BCUT2D eigenvalue weighted by atomic mass is 10.0. The van der Waals surface area contributed by atoms with Crippen LogP contribution < -0.4 is 4.74 Å². The minimum atomic E-state index is -0.823. The number of benzene rings is 2. The first-order valence-corrected chi connectivity index (χ1v) is 6.92. The van der Waals surface area contributed by atoms with Crippen LogP contribution in [-0.2, 0) is 6.42 Å². The Morgan fingerprint density at radius 2 is 1.57 bits per heavy atom. The average Bonchev–Trinajstić information content (AvgIpc) is 2.47. The smallest absolute Gasteiger partial charge is 0.190 e. The van der Waals surface area contributed by atoms with Gasteiger partial charge in [-0.3, -0.25) is 0 Å². The second-order valence-corrected chi connectivity index (χ2v) is 4.75. The Morgan fingerprint density at radius 1 is 0.952 bits per heavy atom. The normalized spacial score (nSPS) is 10.7. The Balaban J connectivity index is 2.28. The topological polar surface area (TPSA) is 9.23 Å². The highest BCUT2D eigenvalue weighted by atomic mass is 19.1. The molecule has 0 radical (unpaired) electrons. The van der Waals surface area contributed by atoms with Gasteiger partial charge in [-0.25, -0.2) is 13.2 Å². The van der Waals surface area contributed by atoms with Gasteiger partial charge in [0.25, 0.3) is 0 Å². The molecule has 0 saturated carbocycles. The van der Waals surface area contributed by atoms with E-state index >= 15 is 0 Å². The summed E-state index contributed by atoms with van der Waals surface area (Å²) < 4.78 is 44.4. The number of aryl methyl sites for hydroxylation is 1. The van der Waals surface area contributed by atoms with E-state index < -0.39 is 24.1 Å². The first kappa shape index (κ1) is 15.4. The molecule has 0 aliphatic heterocycles. The molecule has 0 bridgehead atoms. The number of hydrogen-bond acceptors (Lipinski definition) is 1. The Morgan fingerprint density at radius 3 is 2.10 bits per heavy atom. The molecule has 0 unspecified atom stereocenters. The average molecular weight is 294 g/mol. The third-order valence-electron chi connectivity index (χ3n) is 3.15. The summed E-state index contributed by atoms with van der Waals surface area (Å²) in [5, 5.41) is 0. The molecule has 0 aliphatic carbocycles. The fraction of sp³-hybridized carbons (Fsp3) is 0.294. The molecule has 2 rings (SSSR count). The van der Waals surface area contributed by atoms with Crippen molar-refractivity contribution < 1.29 is 17.9 Å². The van der Waals surface area contributed by atoms with E-state index in [0.29, 0.717) is 5.56 Å². The van der Waals surface area contributed by atoms with E-state index in [1.165, 1.54) is 17.7 Å². The van der Waals surface area contributed by atoms with Gasteiger partial charge < -0.3 is 4.74 Å². The molecule has 0 saturated heterocycles. The molecule has 0 aromatic heterocycles. The highest BCUT2D eigenvalue weighted by molar-refractivity contribution is 5.65. The summed E-state index contributed by atoms with van der Waals surface area (Å²) in [5.41, 5.74) is 2.34.